The molecule has 0 bridgehead atoms. The van der Waals surface area contributed by atoms with Crippen LogP contribution in [0.25, 0.3) is 0 Å². The van der Waals surface area contributed by atoms with Crippen molar-refractivity contribution in [3.05, 3.63) is 29.8 Å². The van der Waals surface area contributed by atoms with Crippen molar-refractivity contribution in [3.8, 4) is 0 Å². The highest BCUT2D eigenvalue weighted by molar-refractivity contribution is 5.98. The first kappa shape index (κ1) is 15.4. The summed E-state index contributed by atoms with van der Waals surface area (Å²) in [5.41, 5.74) is 1.45. The Balaban J connectivity index is 2.87. The highest BCUT2D eigenvalue weighted by atomic mass is 16.2. The second-order valence-corrected chi connectivity index (χ2v) is 4.79. The molecule has 104 valence electrons. The summed E-state index contributed by atoms with van der Waals surface area (Å²) in [5.74, 6) is 0.0931. The molecule has 0 saturated heterocycles. The van der Waals surface area contributed by atoms with Crippen LogP contribution in [-0.4, -0.2) is 43.8 Å². The molecule has 4 heteroatoms. The Morgan fingerprint density at radius 3 is 2.42 bits per heavy atom. The fourth-order valence-corrected chi connectivity index (χ4v) is 1.90. The van der Waals surface area contributed by atoms with Crippen molar-refractivity contribution in [1.82, 2.24) is 4.90 Å². The Hall–Kier alpha value is -1.68. The fraction of sp³-hybridized carbons (Fsp3) is 0.467. The first-order chi connectivity index (χ1) is 8.95. The van der Waals surface area contributed by atoms with Crippen LogP contribution in [-0.2, 0) is 4.79 Å². The van der Waals surface area contributed by atoms with Gasteiger partial charge in [-0.05, 0) is 33.2 Å². The molecule has 0 atom stereocenters. The van der Waals surface area contributed by atoms with E-state index in [9.17, 15) is 9.59 Å². The molecule has 0 aliphatic carbocycles. The predicted octanol–water partition coefficient (Wildman–Crippen LogP) is 2.19. The zero-order chi connectivity index (χ0) is 14.4. The third-order valence-electron chi connectivity index (χ3n) is 2.96. The molecule has 0 radical (unpaired) electrons. The monoisotopic (exact) mass is 262 g/mol. The zero-order valence-electron chi connectivity index (χ0n) is 12.1. The smallest absolute Gasteiger partial charge is 0.223 e. The SMILES string of the molecule is CCN(C(C)=O)c1cccc(C(=O)CCN(C)C)c1. The van der Waals surface area contributed by atoms with Gasteiger partial charge < -0.3 is 9.80 Å². The Labute approximate surface area is 115 Å². The number of carbonyl (C=O) groups excluding carboxylic acids is 2. The van der Waals surface area contributed by atoms with Crippen LogP contribution >= 0.6 is 0 Å². The minimum atomic E-state index is -0.0135. The Morgan fingerprint density at radius 1 is 1.21 bits per heavy atom. The van der Waals surface area contributed by atoms with Crippen LogP contribution < -0.4 is 4.90 Å². The molecule has 1 rings (SSSR count). The summed E-state index contributed by atoms with van der Waals surface area (Å²) in [6.45, 7) is 4.78. The van der Waals surface area contributed by atoms with Crippen molar-refractivity contribution < 1.29 is 9.59 Å². The van der Waals surface area contributed by atoms with Crippen molar-refractivity contribution in [2.75, 3.05) is 32.1 Å². The van der Waals surface area contributed by atoms with Crippen molar-refractivity contribution in [2.45, 2.75) is 20.3 Å². The number of Topliss-reactive ketones (excluding diaryl/α,β-unsaturated/α-hetero) is 1. The van der Waals surface area contributed by atoms with E-state index in [-0.39, 0.29) is 11.7 Å². The average molecular weight is 262 g/mol. The molecule has 1 amide bonds. The van der Waals surface area contributed by atoms with Gasteiger partial charge in [-0.3, -0.25) is 9.59 Å². The van der Waals surface area contributed by atoms with Crippen LogP contribution in [0.2, 0.25) is 0 Å². The topological polar surface area (TPSA) is 40.6 Å². The van der Waals surface area contributed by atoms with E-state index in [1.54, 1.807) is 17.0 Å². The molecule has 1 aromatic carbocycles. The highest BCUT2D eigenvalue weighted by Crippen LogP contribution is 2.17. The summed E-state index contributed by atoms with van der Waals surface area (Å²) >= 11 is 0. The van der Waals surface area contributed by atoms with Gasteiger partial charge in [-0.1, -0.05) is 12.1 Å². The molecule has 19 heavy (non-hydrogen) atoms. The van der Waals surface area contributed by atoms with Crippen LogP contribution in [0.3, 0.4) is 0 Å². The van der Waals surface area contributed by atoms with Crippen LogP contribution in [0.1, 0.15) is 30.6 Å². The number of rotatable bonds is 6. The van der Waals surface area contributed by atoms with Crippen LogP contribution in [0.4, 0.5) is 5.69 Å². The van der Waals surface area contributed by atoms with Gasteiger partial charge in [0.05, 0.1) is 0 Å². The number of carbonyl (C=O) groups is 2. The van der Waals surface area contributed by atoms with E-state index in [2.05, 4.69) is 0 Å². The fourth-order valence-electron chi connectivity index (χ4n) is 1.90. The number of amides is 1. The van der Waals surface area contributed by atoms with Crippen molar-refractivity contribution in [3.63, 3.8) is 0 Å². The second kappa shape index (κ2) is 7.04. The molecular formula is C15H22N2O2. The number of anilines is 1. The molecule has 0 fully saturated rings. The van der Waals surface area contributed by atoms with Crippen molar-refractivity contribution in [1.29, 1.82) is 0 Å². The standard InChI is InChI=1S/C15H22N2O2/c1-5-17(12(2)18)14-8-6-7-13(11-14)15(19)9-10-16(3)4/h6-8,11H,5,9-10H2,1-4H3. The normalized spacial score (nSPS) is 10.6. The van der Waals surface area contributed by atoms with Gasteiger partial charge in [0.15, 0.2) is 5.78 Å². The first-order valence-electron chi connectivity index (χ1n) is 6.51. The molecular weight excluding hydrogens is 240 g/mol. The Kier molecular flexibility index (Phi) is 5.70. The van der Waals surface area contributed by atoms with E-state index in [0.717, 1.165) is 12.2 Å². The molecule has 1 aromatic rings. The minimum absolute atomic E-state index is 0.0135. The summed E-state index contributed by atoms with van der Waals surface area (Å²) < 4.78 is 0. The lowest BCUT2D eigenvalue weighted by Crippen LogP contribution is -2.28. The van der Waals surface area contributed by atoms with E-state index in [1.165, 1.54) is 6.92 Å². The van der Waals surface area contributed by atoms with Gasteiger partial charge >= 0.3 is 0 Å². The third-order valence-corrected chi connectivity index (χ3v) is 2.96. The number of benzene rings is 1. The van der Waals surface area contributed by atoms with E-state index in [1.807, 2.05) is 38.1 Å². The maximum absolute atomic E-state index is 12.1. The molecule has 4 nitrogen and oxygen atoms in total. The molecule has 0 aliphatic rings. The average Bonchev–Trinajstić information content (AvgIpc) is 2.36. The van der Waals surface area contributed by atoms with E-state index in [4.69, 9.17) is 0 Å². The van der Waals surface area contributed by atoms with Gasteiger partial charge in [-0.15, -0.1) is 0 Å². The number of ketones is 1. The maximum Gasteiger partial charge on any atom is 0.223 e. The Morgan fingerprint density at radius 2 is 1.89 bits per heavy atom. The maximum atomic E-state index is 12.1. The largest absolute Gasteiger partial charge is 0.313 e. The lowest BCUT2D eigenvalue weighted by atomic mass is 10.1. The first-order valence-corrected chi connectivity index (χ1v) is 6.51. The number of hydrogen-bond acceptors (Lipinski definition) is 3. The van der Waals surface area contributed by atoms with Crippen LogP contribution in [0, 0.1) is 0 Å². The third kappa shape index (κ3) is 4.48. The minimum Gasteiger partial charge on any atom is -0.313 e. The molecule has 0 heterocycles. The van der Waals surface area contributed by atoms with Crippen molar-refractivity contribution in [2.24, 2.45) is 0 Å². The molecule has 0 N–H and O–H groups in total. The highest BCUT2D eigenvalue weighted by Gasteiger charge is 2.12. The molecule has 0 unspecified atom stereocenters. The predicted molar refractivity (Wildman–Crippen MR) is 77.6 cm³/mol. The lowest BCUT2D eigenvalue weighted by molar-refractivity contribution is -0.116. The van der Waals surface area contributed by atoms with Gasteiger partial charge in [0.2, 0.25) is 5.91 Å². The van der Waals surface area contributed by atoms with Gasteiger partial charge in [0, 0.05) is 37.7 Å². The summed E-state index contributed by atoms with van der Waals surface area (Å²) in [7, 11) is 3.89. The second-order valence-electron chi connectivity index (χ2n) is 4.79. The summed E-state index contributed by atoms with van der Waals surface area (Å²) in [6.07, 6.45) is 0.489. The number of hydrogen-bond donors (Lipinski definition) is 0. The lowest BCUT2D eigenvalue weighted by Gasteiger charge is -2.19. The van der Waals surface area contributed by atoms with E-state index >= 15 is 0 Å². The van der Waals surface area contributed by atoms with Crippen LogP contribution in [0.5, 0.6) is 0 Å². The molecule has 0 aromatic heterocycles. The van der Waals surface area contributed by atoms with E-state index < -0.39 is 0 Å². The molecule has 0 aliphatic heterocycles. The van der Waals surface area contributed by atoms with Gasteiger partial charge in [0.1, 0.15) is 0 Å². The summed E-state index contributed by atoms with van der Waals surface area (Å²) in [6, 6.07) is 7.27. The summed E-state index contributed by atoms with van der Waals surface area (Å²) in [5, 5.41) is 0. The van der Waals surface area contributed by atoms with Crippen LogP contribution in [0.15, 0.2) is 24.3 Å². The number of nitrogens with zero attached hydrogens (tertiary/aromatic N) is 2. The zero-order valence-corrected chi connectivity index (χ0v) is 12.1. The quantitative estimate of drug-likeness (QED) is 0.738. The molecule has 0 spiro atoms. The Bertz CT molecular complexity index is 455. The van der Waals surface area contributed by atoms with Crippen molar-refractivity contribution >= 4 is 17.4 Å². The summed E-state index contributed by atoms with van der Waals surface area (Å²) in [4.78, 5) is 27.2. The van der Waals surface area contributed by atoms with Gasteiger partial charge in [0.25, 0.3) is 0 Å². The molecule has 0 saturated carbocycles. The van der Waals surface area contributed by atoms with Gasteiger partial charge in [-0.25, -0.2) is 0 Å². The van der Waals surface area contributed by atoms with Gasteiger partial charge in [-0.2, -0.15) is 0 Å². The van der Waals surface area contributed by atoms with E-state index in [0.29, 0.717) is 18.5 Å².